The average molecular weight is 421 g/mol. The molecular formula is C24H28N4O3. The van der Waals surface area contributed by atoms with Crippen molar-refractivity contribution in [1.29, 1.82) is 0 Å². The molecule has 1 aromatic carbocycles. The van der Waals surface area contributed by atoms with Crippen molar-refractivity contribution < 1.29 is 9.15 Å². The molecule has 0 N–H and O–H groups in total. The van der Waals surface area contributed by atoms with E-state index in [0.717, 1.165) is 55.0 Å². The van der Waals surface area contributed by atoms with Crippen molar-refractivity contribution in [1.82, 2.24) is 14.9 Å². The Bertz CT molecular complexity index is 1170. The zero-order valence-electron chi connectivity index (χ0n) is 18.3. The summed E-state index contributed by atoms with van der Waals surface area (Å²) in [6, 6.07) is 8.04. The summed E-state index contributed by atoms with van der Waals surface area (Å²) in [6.07, 6.45) is 6.19. The number of methoxy groups -OCH3 is 1. The molecule has 5 rings (SSSR count). The van der Waals surface area contributed by atoms with Gasteiger partial charge in [-0.15, -0.1) is 0 Å². The van der Waals surface area contributed by atoms with Crippen LogP contribution in [0, 0.1) is 0 Å². The van der Waals surface area contributed by atoms with E-state index >= 15 is 0 Å². The van der Waals surface area contributed by atoms with Crippen molar-refractivity contribution in [2.24, 2.45) is 0 Å². The first-order valence-corrected chi connectivity index (χ1v) is 10.9. The molecule has 3 heterocycles. The third kappa shape index (κ3) is 3.57. The molecule has 3 aromatic rings. The highest BCUT2D eigenvalue weighted by Crippen LogP contribution is 2.41. The Labute approximate surface area is 181 Å². The number of likely N-dealkylation sites (N-methyl/N-ethyl adjacent to an activating group) is 1. The second-order valence-electron chi connectivity index (χ2n) is 8.77. The number of anilines is 1. The Morgan fingerprint density at radius 3 is 2.74 bits per heavy atom. The summed E-state index contributed by atoms with van der Waals surface area (Å²) < 4.78 is 11.3. The summed E-state index contributed by atoms with van der Waals surface area (Å²) in [6.45, 7) is 1.79. The molecule has 0 bridgehead atoms. The molecule has 1 saturated carbocycles. The molecule has 1 aliphatic heterocycles. The Balaban J connectivity index is 1.61. The third-order valence-corrected chi connectivity index (χ3v) is 6.73. The molecular weight excluding hydrogens is 392 g/mol. The van der Waals surface area contributed by atoms with Crippen LogP contribution in [0.2, 0.25) is 0 Å². The fraction of sp³-hybridized carbons (Fsp3) is 0.458. The molecule has 31 heavy (non-hydrogen) atoms. The number of hydrogen-bond donors (Lipinski definition) is 0. The van der Waals surface area contributed by atoms with Gasteiger partial charge in [-0.2, -0.15) is 0 Å². The summed E-state index contributed by atoms with van der Waals surface area (Å²) >= 11 is 0. The number of ether oxygens (including phenoxy) is 1. The van der Waals surface area contributed by atoms with E-state index in [1.807, 2.05) is 24.3 Å². The van der Waals surface area contributed by atoms with E-state index in [-0.39, 0.29) is 5.63 Å². The summed E-state index contributed by atoms with van der Waals surface area (Å²) in [4.78, 5) is 27.0. The monoisotopic (exact) mass is 420 g/mol. The van der Waals surface area contributed by atoms with Gasteiger partial charge in [0.25, 0.3) is 0 Å². The van der Waals surface area contributed by atoms with E-state index in [2.05, 4.69) is 28.9 Å². The number of pyridine rings is 1. The first-order chi connectivity index (χ1) is 15.0. The smallest absolute Gasteiger partial charge is 0.347 e. The molecule has 0 unspecified atom stereocenters. The lowest BCUT2D eigenvalue weighted by molar-refractivity contribution is 0.315. The maximum atomic E-state index is 13.1. The second-order valence-corrected chi connectivity index (χ2v) is 8.77. The van der Waals surface area contributed by atoms with Crippen LogP contribution in [0.15, 0.2) is 39.7 Å². The van der Waals surface area contributed by atoms with Crippen molar-refractivity contribution in [2.75, 3.05) is 39.2 Å². The zero-order valence-corrected chi connectivity index (χ0v) is 18.3. The van der Waals surface area contributed by atoms with E-state index in [1.54, 1.807) is 13.3 Å². The van der Waals surface area contributed by atoms with Crippen molar-refractivity contribution in [3.05, 3.63) is 46.4 Å². The second kappa shape index (κ2) is 7.96. The molecule has 1 saturated heterocycles. The van der Waals surface area contributed by atoms with Gasteiger partial charge in [0.15, 0.2) is 0 Å². The van der Waals surface area contributed by atoms with Gasteiger partial charge < -0.3 is 19.0 Å². The van der Waals surface area contributed by atoms with Gasteiger partial charge >= 0.3 is 5.63 Å². The third-order valence-electron chi connectivity index (χ3n) is 6.73. The topological polar surface area (TPSA) is 71.7 Å². The first kappa shape index (κ1) is 20.0. The van der Waals surface area contributed by atoms with Gasteiger partial charge in [0.2, 0.25) is 5.89 Å². The molecule has 0 amide bonds. The van der Waals surface area contributed by atoms with Gasteiger partial charge in [-0.05, 0) is 63.0 Å². The van der Waals surface area contributed by atoms with E-state index in [4.69, 9.17) is 14.1 Å². The van der Waals surface area contributed by atoms with E-state index in [0.29, 0.717) is 28.8 Å². The minimum absolute atomic E-state index is 0.307. The SMILES string of the molecule is COc1cc(C2CCC2)c2c(=O)oc(-c3cccnc3N3CC[C@H](N(C)C)C3)nc2c1. The first-order valence-electron chi connectivity index (χ1n) is 10.9. The van der Waals surface area contributed by atoms with Gasteiger partial charge in [-0.3, -0.25) is 0 Å². The number of nitrogens with zero attached hydrogens (tertiary/aromatic N) is 4. The van der Waals surface area contributed by atoms with Crippen LogP contribution in [-0.2, 0) is 0 Å². The lowest BCUT2D eigenvalue weighted by Gasteiger charge is -2.27. The average Bonchev–Trinajstić information content (AvgIpc) is 3.22. The van der Waals surface area contributed by atoms with Crippen LogP contribution in [0.3, 0.4) is 0 Å². The number of fused-ring (bicyclic) bond motifs is 1. The predicted octanol–water partition coefficient (Wildman–Crippen LogP) is 3.67. The Hall–Kier alpha value is -2.93. The van der Waals surface area contributed by atoms with Crippen LogP contribution in [0.25, 0.3) is 22.4 Å². The molecule has 2 aliphatic rings. The lowest BCUT2D eigenvalue weighted by atomic mass is 9.79. The van der Waals surface area contributed by atoms with Crippen LogP contribution < -0.4 is 15.3 Å². The maximum Gasteiger partial charge on any atom is 0.347 e. The predicted molar refractivity (Wildman–Crippen MR) is 121 cm³/mol. The number of aromatic nitrogens is 2. The highest BCUT2D eigenvalue weighted by molar-refractivity contribution is 5.85. The van der Waals surface area contributed by atoms with Crippen LogP contribution >= 0.6 is 0 Å². The van der Waals surface area contributed by atoms with Crippen LogP contribution in [-0.4, -0.2) is 55.2 Å². The van der Waals surface area contributed by atoms with E-state index in [9.17, 15) is 4.79 Å². The molecule has 162 valence electrons. The highest BCUT2D eigenvalue weighted by Gasteiger charge is 2.29. The normalized spacial score (nSPS) is 19.2. The van der Waals surface area contributed by atoms with Gasteiger partial charge in [-0.25, -0.2) is 14.8 Å². The lowest BCUT2D eigenvalue weighted by Crippen LogP contribution is -2.31. The van der Waals surface area contributed by atoms with Gasteiger partial charge in [0.1, 0.15) is 11.6 Å². The molecule has 2 aromatic heterocycles. The van der Waals surface area contributed by atoms with Gasteiger partial charge in [0, 0.05) is 31.4 Å². The van der Waals surface area contributed by atoms with Crippen LogP contribution in [0.5, 0.6) is 5.75 Å². The van der Waals surface area contributed by atoms with Crippen molar-refractivity contribution >= 4 is 16.7 Å². The molecule has 7 heteroatoms. The summed E-state index contributed by atoms with van der Waals surface area (Å²) in [5.41, 5.74) is 2.02. The summed E-state index contributed by atoms with van der Waals surface area (Å²) in [5.74, 6) is 2.21. The quantitative estimate of drug-likeness (QED) is 0.624. The standard InChI is InChI=1S/C24H28N4O3/c1-27(2)16-9-11-28(14-16)22-18(8-5-10-25-22)23-26-20-13-17(30-3)12-19(15-6-4-7-15)21(20)24(29)31-23/h5,8,10,12-13,15-16H,4,6-7,9,11,14H2,1-3H3/t16-/m0/s1. The zero-order chi connectivity index (χ0) is 21.5. The molecule has 0 radical (unpaired) electrons. The minimum Gasteiger partial charge on any atom is -0.497 e. The van der Waals surface area contributed by atoms with Crippen LogP contribution in [0.4, 0.5) is 5.82 Å². The molecule has 7 nitrogen and oxygen atoms in total. The minimum atomic E-state index is -0.341. The van der Waals surface area contributed by atoms with E-state index < -0.39 is 0 Å². The number of benzene rings is 1. The molecule has 1 atom stereocenters. The molecule has 0 spiro atoms. The molecule has 1 aliphatic carbocycles. The van der Waals surface area contributed by atoms with Crippen molar-refractivity contribution in [3.8, 4) is 17.2 Å². The highest BCUT2D eigenvalue weighted by atomic mass is 16.5. The summed E-state index contributed by atoms with van der Waals surface area (Å²) in [5, 5.41) is 0.577. The maximum absolute atomic E-state index is 13.1. The Morgan fingerprint density at radius 1 is 1.23 bits per heavy atom. The Morgan fingerprint density at radius 2 is 2.06 bits per heavy atom. The number of rotatable bonds is 5. The Kier molecular flexibility index (Phi) is 5.14. The fourth-order valence-electron chi connectivity index (χ4n) is 4.65. The van der Waals surface area contributed by atoms with Gasteiger partial charge in [0.05, 0.1) is 23.6 Å². The van der Waals surface area contributed by atoms with Crippen molar-refractivity contribution in [2.45, 2.75) is 37.6 Å². The van der Waals surface area contributed by atoms with Crippen LogP contribution in [0.1, 0.15) is 37.2 Å². The fourth-order valence-corrected chi connectivity index (χ4v) is 4.65. The molecule has 2 fully saturated rings. The summed E-state index contributed by atoms with van der Waals surface area (Å²) in [7, 11) is 5.85. The van der Waals surface area contributed by atoms with Crippen molar-refractivity contribution in [3.63, 3.8) is 0 Å². The number of hydrogen-bond acceptors (Lipinski definition) is 7. The largest absolute Gasteiger partial charge is 0.497 e. The van der Waals surface area contributed by atoms with Gasteiger partial charge in [-0.1, -0.05) is 6.42 Å². The van der Waals surface area contributed by atoms with E-state index in [1.165, 1.54) is 6.42 Å².